The molecule has 4 nitrogen and oxygen atoms in total. The number of nitrogens with one attached hydrogen (secondary N) is 2. The fourth-order valence-electron chi connectivity index (χ4n) is 2.99. The zero-order chi connectivity index (χ0) is 14.6. The summed E-state index contributed by atoms with van der Waals surface area (Å²) >= 11 is 0. The molecule has 0 aromatic heterocycles. The molecule has 1 unspecified atom stereocenters. The molecule has 2 saturated heterocycles. The molecule has 2 aliphatic heterocycles. The summed E-state index contributed by atoms with van der Waals surface area (Å²) in [5, 5.41) is 5.99. The van der Waals surface area contributed by atoms with Gasteiger partial charge in [-0.15, -0.1) is 12.4 Å². The molecule has 0 radical (unpaired) electrons. The Morgan fingerprint density at radius 2 is 2.00 bits per heavy atom. The van der Waals surface area contributed by atoms with E-state index in [-0.39, 0.29) is 18.4 Å². The van der Waals surface area contributed by atoms with Gasteiger partial charge in [0.15, 0.2) is 0 Å². The van der Waals surface area contributed by atoms with Crippen molar-refractivity contribution in [2.45, 2.75) is 56.3 Å². The average molecular weight is 331 g/mol. The number of halogens is 4. The van der Waals surface area contributed by atoms with Crippen molar-refractivity contribution in [2.24, 2.45) is 0 Å². The molecule has 0 aliphatic carbocycles. The molecule has 0 saturated carbocycles. The van der Waals surface area contributed by atoms with E-state index >= 15 is 0 Å². The summed E-state index contributed by atoms with van der Waals surface area (Å²) in [6, 6.07) is -0.168. The molecule has 1 amide bonds. The summed E-state index contributed by atoms with van der Waals surface area (Å²) in [6.07, 6.45) is -2.67. The number of ether oxygens (including phenoxy) is 1. The number of alkyl halides is 3. The van der Waals surface area contributed by atoms with Crippen molar-refractivity contribution in [2.75, 3.05) is 19.7 Å². The Labute approximate surface area is 128 Å². The van der Waals surface area contributed by atoms with Crippen molar-refractivity contribution >= 4 is 18.3 Å². The lowest BCUT2D eigenvalue weighted by Gasteiger charge is -2.46. The summed E-state index contributed by atoms with van der Waals surface area (Å²) in [4.78, 5) is 11.7. The second-order valence-corrected chi connectivity index (χ2v) is 5.54. The highest BCUT2D eigenvalue weighted by Gasteiger charge is 2.43. The molecule has 124 valence electrons. The summed E-state index contributed by atoms with van der Waals surface area (Å²) in [5.41, 5.74) is -0.391. The fourth-order valence-corrected chi connectivity index (χ4v) is 2.99. The predicted molar refractivity (Wildman–Crippen MR) is 74.5 cm³/mol. The lowest BCUT2D eigenvalue weighted by molar-refractivity contribution is -0.149. The van der Waals surface area contributed by atoms with Crippen LogP contribution in [0.2, 0.25) is 0 Å². The Balaban J connectivity index is 0.00000220. The third-order valence-corrected chi connectivity index (χ3v) is 4.08. The average Bonchev–Trinajstić information content (AvgIpc) is 2.40. The van der Waals surface area contributed by atoms with Gasteiger partial charge in [0.2, 0.25) is 5.91 Å². The molecular weight excluding hydrogens is 309 g/mol. The lowest BCUT2D eigenvalue weighted by Crippen LogP contribution is -2.60. The number of rotatable bonds is 3. The van der Waals surface area contributed by atoms with Crippen LogP contribution in [-0.2, 0) is 9.53 Å². The topological polar surface area (TPSA) is 50.4 Å². The summed E-state index contributed by atoms with van der Waals surface area (Å²) in [7, 11) is 0. The van der Waals surface area contributed by atoms with Crippen LogP contribution < -0.4 is 10.6 Å². The van der Waals surface area contributed by atoms with Gasteiger partial charge in [0, 0.05) is 13.0 Å². The highest BCUT2D eigenvalue weighted by atomic mass is 35.5. The Morgan fingerprint density at radius 3 is 2.62 bits per heavy atom. The largest absolute Gasteiger partial charge is 0.389 e. The van der Waals surface area contributed by atoms with Gasteiger partial charge in [-0.1, -0.05) is 0 Å². The maximum absolute atomic E-state index is 12.1. The molecular formula is C13H22ClF3N2O2. The first kappa shape index (κ1) is 18.5. The summed E-state index contributed by atoms with van der Waals surface area (Å²) in [6.45, 7) is 2.29. The second kappa shape index (κ2) is 7.65. The highest BCUT2D eigenvalue weighted by Crippen LogP contribution is 2.33. The number of piperidine rings is 1. The van der Waals surface area contributed by atoms with Gasteiger partial charge in [-0.05, 0) is 38.8 Å². The van der Waals surface area contributed by atoms with Crippen molar-refractivity contribution < 1.29 is 22.7 Å². The molecule has 0 bridgehead atoms. The van der Waals surface area contributed by atoms with Crippen LogP contribution in [0.25, 0.3) is 0 Å². The minimum absolute atomic E-state index is 0. The predicted octanol–water partition coefficient (Wildman–Crippen LogP) is 2.17. The van der Waals surface area contributed by atoms with Gasteiger partial charge in [0.05, 0.1) is 18.1 Å². The van der Waals surface area contributed by atoms with Crippen LogP contribution in [0.1, 0.15) is 38.5 Å². The van der Waals surface area contributed by atoms with Gasteiger partial charge in [0.25, 0.3) is 0 Å². The molecule has 8 heteroatoms. The Bertz CT molecular complexity index is 339. The second-order valence-electron chi connectivity index (χ2n) is 5.54. The molecule has 2 fully saturated rings. The highest BCUT2D eigenvalue weighted by molar-refractivity contribution is 5.85. The van der Waals surface area contributed by atoms with Crippen LogP contribution in [0.5, 0.6) is 0 Å². The number of hydrogen-bond acceptors (Lipinski definition) is 3. The zero-order valence-electron chi connectivity index (χ0n) is 11.8. The van der Waals surface area contributed by atoms with Crippen molar-refractivity contribution in [3.8, 4) is 0 Å². The maximum Gasteiger partial charge on any atom is 0.389 e. The first-order valence-electron chi connectivity index (χ1n) is 7.12. The normalized spacial score (nSPS) is 25.2. The lowest BCUT2D eigenvalue weighted by atomic mass is 9.80. The monoisotopic (exact) mass is 330 g/mol. The van der Waals surface area contributed by atoms with Crippen LogP contribution in [0.15, 0.2) is 0 Å². The maximum atomic E-state index is 12.1. The summed E-state index contributed by atoms with van der Waals surface area (Å²) in [5.74, 6) is -0.532. The van der Waals surface area contributed by atoms with Crippen LogP contribution in [0.3, 0.4) is 0 Å². The number of carbonyl (C=O) groups is 1. The van der Waals surface area contributed by atoms with Crippen LogP contribution in [0, 0.1) is 0 Å². The van der Waals surface area contributed by atoms with E-state index in [1.807, 2.05) is 0 Å². The Morgan fingerprint density at radius 1 is 1.33 bits per heavy atom. The Hall–Kier alpha value is -0.530. The van der Waals surface area contributed by atoms with E-state index < -0.39 is 30.5 Å². The van der Waals surface area contributed by atoms with Gasteiger partial charge in [-0.2, -0.15) is 13.2 Å². The first-order chi connectivity index (χ1) is 9.41. The minimum atomic E-state index is -4.28. The first-order valence-corrected chi connectivity index (χ1v) is 7.12. The van der Waals surface area contributed by atoms with Crippen LogP contribution in [-0.4, -0.2) is 43.4 Å². The SMILES string of the molecule is Cl.O=C(CCC(F)(F)F)NC1CCCOC12CCNCC2. The van der Waals surface area contributed by atoms with E-state index in [0.29, 0.717) is 6.61 Å². The third kappa shape index (κ3) is 5.30. The van der Waals surface area contributed by atoms with E-state index in [9.17, 15) is 18.0 Å². The van der Waals surface area contributed by atoms with E-state index in [0.717, 1.165) is 38.8 Å². The zero-order valence-corrected chi connectivity index (χ0v) is 12.6. The van der Waals surface area contributed by atoms with Crippen molar-refractivity contribution in [3.05, 3.63) is 0 Å². The van der Waals surface area contributed by atoms with E-state index in [1.165, 1.54) is 0 Å². The standard InChI is InChI=1S/C13H21F3N2O2.ClH/c14-13(15,16)4-3-11(19)18-10-2-1-9-20-12(10)5-7-17-8-6-12;/h10,17H,1-9H2,(H,18,19);1H. The molecule has 2 heterocycles. The minimum Gasteiger partial charge on any atom is -0.373 e. The van der Waals surface area contributed by atoms with Crippen LogP contribution in [0.4, 0.5) is 13.2 Å². The molecule has 0 aromatic rings. The fraction of sp³-hybridized carbons (Fsp3) is 0.923. The van der Waals surface area contributed by atoms with Crippen molar-refractivity contribution in [1.29, 1.82) is 0 Å². The molecule has 21 heavy (non-hydrogen) atoms. The Kier molecular flexibility index (Phi) is 6.74. The molecule has 2 aliphatic rings. The van der Waals surface area contributed by atoms with Crippen molar-refractivity contribution in [3.63, 3.8) is 0 Å². The van der Waals surface area contributed by atoms with Gasteiger partial charge in [-0.25, -0.2) is 0 Å². The molecule has 2 N–H and O–H groups in total. The van der Waals surface area contributed by atoms with Crippen molar-refractivity contribution in [1.82, 2.24) is 10.6 Å². The number of amides is 1. The third-order valence-electron chi connectivity index (χ3n) is 4.08. The van der Waals surface area contributed by atoms with Gasteiger partial charge in [0.1, 0.15) is 0 Å². The van der Waals surface area contributed by atoms with E-state index in [2.05, 4.69) is 10.6 Å². The quantitative estimate of drug-likeness (QED) is 0.834. The number of carbonyl (C=O) groups excluding carboxylic acids is 1. The van der Waals surface area contributed by atoms with E-state index in [1.54, 1.807) is 0 Å². The molecule has 1 atom stereocenters. The smallest absolute Gasteiger partial charge is 0.373 e. The van der Waals surface area contributed by atoms with Gasteiger partial charge in [-0.3, -0.25) is 4.79 Å². The number of hydrogen-bond donors (Lipinski definition) is 2. The summed E-state index contributed by atoms with van der Waals surface area (Å²) < 4.78 is 42.3. The molecule has 2 rings (SSSR count). The van der Waals surface area contributed by atoms with E-state index in [4.69, 9.17) is 4.74 Å². The van der Waals surface area contributed by atoms with Gasteiger partial charge < -0.3 is 15.4 Å². The van der Waals surface area contributed by atoms with Gasteiger partial charge >= 0.3 is 6.18 Å². The molecule has 1 spiro atoms. The molecule has 0 aromatic carbocycles. The van der Waals surface area contributed by atoms with Crippen LogP contribution >= 0.6 is 12.4 Å².